The highest BCUT2D eigenvalue weighted by Gasteiger charge is 2.61. The van der Waals surface area contributed by atoms with E-state index in [-0.39, 0.29) is 23.7 Å². The van der Waals surface area contributed by atoms with Gasteiger partial charge in [0.25, 0.3) is 0 Å². The van der Waals surface area contributed by atoms with Crippen molar-refractivity contribution in [3.63, 3.8) is 0 Å². The third-order valence-electron chi connectivity index (χ3n) is 6.25. The molecule has 132 valence electrons. The summed E-state index contributed by atoms with van der Waals surface area (Å²) >= 11 is 0. The van der Waals surface area contributed by atoms with E-state index < -0.39 is 0 Å². The van der Waals surface area contributed by atoms with Crippen molar-refractivity contribution < 1.29 is 14.3 Å². The van der Waals surface area contributed by atoms with E-state index in [4.69, 9.17) is 4.74 Å². The number of hydrogen-bond donors (Lipinski definition) is 0. The minimum absolute atomic E-state index is 0.000414. The largest absolute Gasteiger partial charge is 0.457 e. The molecule has 1 aliphatic heterocycles. The Balaban J connectivity index is 1.38. The van der Waals surface area contributed by atoms with Crippen molar-refractivity contribution >= 4 is 17.5 Å². The molecule has 4 heteroatoms. The molecule has 2 aromatic rings. The van der Waals surface area contributed by atoms with Crippen molar-refractivity contribution in [1.82, 2.24) is 0 Å². The van der Waals surface area contributed by atoms with Crippen LogP contribution in [0.3, 0.4) is 0 Å². The number of hydrogen-bond acceptors (Lipinski definition) is 3. The van der Waals surface area contributed by atoms with Crippen molar-refractivity contribution in [1.29, 1.82) is 0 Å². The fourth-order valence-corrected chi connectivity index (χ4v) is 5.14. The molecule has 2 aliphatic carbocycles. The van der Waals surface area contributed by atoms with Crippen molar-refractivity contribution in [2.45, 2.75) is 26.2 Å². The Hall–Kier alpha value is -2.62. The van der Waals surface area contributed by atoms with E-state index in [1.807, 2.05) is 55.5 Å². The average Bonchev–Trinajstić information content (AvgIpc) is 3.30. The predicted octanol–water partition coefficient (Wildman–Crippen LogP) is 4.32. The van der Waals surface area contributed by atoms with Crippen LogP contribution in [0.25, 0.3) is 0 Å². The molecule has 0 aromatic heterocycles. The molecule has 0 unspecified atom stereocenters. The summed E-state index contributed by atoms with van der Waals surface area (Å²) in [5.41, 5.74) is 1.79. The lowest BCUT2D eigenvalue weighted by Gasteiger charge is -2.19. The van der Waals surface area contributed by atoms with Gasteiger partial charge in [-0.25, -0.2) is 0 Å². The summed E-state index contributed by atoms with van der Waals surface area (Å²) in [6.45, 7) is 2.02. The second-order valence-electron chi connectivity index (χ2n) is 7.81. The minimum atomic E-state index is -0.0792. The first-order chi connectivity index (χ1) is 12.6. The van der Waals surface area contributed by atoms with Crippen molar-refractivity contribution in [3.8, 4) is 11.5 Å². The normalized spacial score (nSPS) is 29.3. The van der Waals surface area contributed by atoms with Crippen LogP contribution >= 0.6 is 0 Å². The fourth-order valence-electron chi connectivity index (χ4n) is 5.14. The predicted molar refractivity (Wildman–Crippen MR) is 98.0 cm³/mol. The second-order valence-corrected chi connectivity index (χ2v) is 7.81. The third kappa shape index (κ3) is 2.28. The van der Waals surface area contributed by atoms with Crippen LogP contribution in [0, 0.1) is 30.6 Å². The summed E-state index contributed by atoms with van der Waals surface area (Å²) < 4.78 is 5.86. The van der Waals surface area contributed by atoms with Gasteiger partial charge in [-0.3, -0.25) is 14.5 Å². The molecule has 5 rings (SSSR count). The van der Waals surface area contributed by atoms with E-state index in [1.54, 1.807) is 0 Å². The van der Waals surface area contributed by atoms with E-state index >= 15 is 0 Å². The van der Waals surface area contributed by atoms with Crippen LogP contribution in [0.1, 0.15) is 24.8 Å². The molecule has 3 fully saturated rings. The molecule has 2 bridgehead atoms. The lowest BCUT2D eigenvalue weighted by molar-refractivity contribution is -0.123. The number of ether oxygens (including phenoxy) is 1. The molecule has 3 aliphatic rings. The summed E-state index contributed by atoms with van der Waals surface area (Å²) in [5, 5.41) is 0. The first kappa shape index (κ1) is 15.6. The van der Waals surface area contributed by atoms with Gasteiger partial charge in [0.05, 0.1) is 17.5 Å². The van der Waals surface area contributed by atoms with Crippen LogP contribution in [0.5, 0.6) is 11.5 Å². The van der Waals surface area contributed by atoms with Gasteiger partial charge in [0.15, 0.2) is 0 Å². The average molecular weight is 347 g/mol. The Labute approximate surface area is 152 Å². The van der Waals surface area contributed by atoms with Gasteiger partial charge >= 0.3 is 0 Å². The Bertz CT molecular complexity index is 861. The summed E-state index contributed by atoms with van der Waals surface area (Å²) in [6.07, 6.45) is 3.26. The topological polar surface area (TPSA) is 46.6 Å². The van der Waals surface area contributed by atoms with Gasteiger partial charge in [0.1, 0.15) is 11.5 Å². The van der Waals surface area contributed by atoms with Crippen LogP contribution in [0.4, 0.5) is 5.69 Å². The molecule has 2 aromatic carbocycles. The smallest absolute Gasteiger partial charge is 0.237 e. The highest BCUT2D eigenvalue weighted by atomic mass is 16.5. The molecular formula is C22H21NO3. The number of fused-ring (bicyclic) bond motifs is 5. The lowest BCUT2D eigenvalue weighted by Crippen LogP contribution is -2.32. The minimum Gasteiger partial charge on any atom is -0.457 e. The van der Waals surface area contributed by atoms with E-state index in [2.05, 4.69) is 0 Å². The van der Waals surface area contributed by atoms with E-state index in [0.717, 1.165) is 30.6 Å². The van der Waals surface area contributed by atoms with Gasteiger partial charge in [-0.1, -0.05) is 12.1 Å². The number of carbonyl (C=O) groups excluding carboxylic acids is 2. The van der Waals surface area contributed by atoms with E-state index in [0.29, 0.717) is 23.3 Å². The molecule has 2 amide bonds. The lowest BCUT2D eigenvalue weighted by atomic mass is 9.81. The Morgan fingerprint density at radius 3 is 2.15 bits per heavy atom. The second kappa shape index (κ2) is 5.70. The summed E-state index contributed by atoms with van der Waals surface area (Å²) in [4.78, 5) is 27.2. The summed E-state index contributed by atoms with van der Waals surface area (Å²) in [6, 6.07) is 15.1. The maximum atomic E-state index is 12.9. The van der Waals surface area contributed by atoms with Gasteiger partial charge in [-0.05, 0) is 80.0 Å². The molecule has 0 radical (unpaired) electrons. The monoisotopic (exact) mass is 347 g/mol. The van der Waals surface area contributed by atoms with Crippen LogP contribution in [0.2, 0.25) is 0 Å². The van der Waals surface area contributed by atoms with Crippen LogP contribution in [-0.2, 0) is 9.59 Å². The maximum absolute atomic E-state index is 12.9. The molecule has 4 atom stereocenters. The van der Waals surface area contributed by atoms with E-state index in [9.17, 15) is 9.59 Å². The van der Waals surface area contributed by atoms with Crippen LogP contribution < -0.4 is 9.64 Å². The Morgan fingerprint density at radius 1 is 0.885 bits per heavy atom. The zero-order valence-corrected chi connectivity index (χ0v) is 14.7. The number of rotatable bonds is 3. The van der Waals surface area contributed by atoms with Crippen LogP contribution in [0.15, 0.2) is 48.5 Å². The molecule has 0 N–H and O–H groups in total. The molecule has 1 saturated heterocycles. The number of benzene rings is 2. The molecule has 0 spiro atoms. The summed E-state index contributed by atoms with van der Waals surface area (Å²) in [5.74, 6) is 2.13. The number of aryl methyl sites for hydroxylation is 1. The van der Waals surface area contributed by atoms with Gasteiger partial charge in [-0.2, -0.15) is 0 Å². The number of nitrogens with zero attached hydrogens (tertiary/aromatic N) is 1. The standard InChI is InChI=1S/C22H21NO3/c1-13-3-2-4-18(11-13)26-17-9-7-16(8-10-17)23-21(24)19-14-5-6-15(12-14)20(19)22(23)25/h2-4,7-11,14-15,19-20H,5-6,12H2,1H3/t14-,15-,19+,20+/m0/s1. The maximum Gasteiger partial charge on any atom is 0.237 e. The quantitative estimate of drug-likeness (QED) is 0.777. The van der Waals surface area contributed by atoms with Gasteiger partial charge in [-0.15, -0.1) is 0 Å². The summed E-state index contributed by atoms with van der Waals surface area (Å²) in [7, 11) is 0. The first-order valence-electron chi connectivity index (χ1n) is 9.34. The highest BCUT2D eigenvalue weighted by Crippen LogP contribution is 2.56. The first-order valence-corrected chi connectivity index (χ1v) is 9.34. The number of imide groups is 1. The van der Waals surface area contributed by atoms with Crippen molar-refractivity contribution in [2.24, 2.45) is 23.7 Å². The van der Waals surface area contributed by atoms with Crippen LogP contribution in [-0.4, -0.2) is 11.8 Å². The molecule has 26 heavy (non-hydrogen) atoms. The van der Waals surface area contributed by atoms with E-state index in [1.165, 1.54) is 4.90 Å². The molecule has 1 heterocycles. The highest BCUT2D eigenvalue weighted by molar-refractivity contribution is 6.22. The number of carbonyl (C=O) groups is 2. The zero-order chi connectivity index (χ0) is 17.8. The Morgan fingerprint density at radius 2 is 1.54 bits per heavy atom. The van der Waals surface area contributed by atoms with Gasteiger partial charge < -0.3 is 4.74 Å². The number of amides is 2. The fraction of sp³-hybridized carbons (Fsp3) is 0.364. The molecule has 2 saturated carbocycles. The third-order valence-corrected chi connectivity index (χ3v) is 6.25. The Kier molecular flexibility index (Phi) is 3.42. The SMILES string of the molecule is Cc1cccc(Oc2ccc(N3C(=O)[C@@H]4[C@H]5CC[C@@H](C5)[C@H]4C3=O)cc2)c1. The van der Waals surface area contributed by atoms with Crippen molar-refractivity contribution in [3.05, 3.63) is 54.1 Å². The van der Waals surface area contributed by atoms with Crippen molar-refractivity contribution in [2.75, 3.05) is 4.90 Å². The van der Waals surface area contributed by atoms with Gasteiger partial charge in [0.2, 0.25) is 11.8 Å². The van der Waals surface area contributed by atoms with Gasteiger partial charge in [0, 0.05) is 0 Å². The molecular weight excluding hydrogens is 326 g/mol. The number of anilines is 1. The zero-order valence-electron chi connectivity index (χ0n) is 14.7. The molecule has 4 nitrogen and oxygen atoms in total.